The Labute approximate surface area is 177 Å². The fourth-order valence-corrected chi connectivity index (χ4v) is 4.22. The van der Waals surface area contributed by atoms with Crippen LogP contribution in [0.2, 0.25) is 0 Å². The van der Waals surface area contributed by atoms with Crippen molar-refractivity contribution >= 4 is 17.7 Å². The lowest BCUT2D eigenvalue weighted by Crippen LogP contribution is -2.37. The largest absolute Gasteiger partial charge is 0.354 e. The molecule has 0 fully saturated rings. The van der Waals surface area contributed by atoms with Gasteiger partial charge < -0.3 is 10.2 Å². The van der Waals surface area contributed by atoms with Crippen molar-refractivity contribution in [2.24, 2.45) is 7.05 Å². The molecule has 1 N–H and O–H groups in total. The number of aryl methyl sites for hydroxylation is 1. The molecule has 1 atom stereocenters. The lowest BCUT2D eigenvalue weighted by molar-refractivity contribution is -0.120. The zero-order valence-corrected chi connectivity index (χ0v) is 18.9. The van der Waals surface area contributed by atoms with E-state index in [0.29, 0.717) is 23.7 Å². The molecular formula is C22H32N4O2S. The quantitative estimate of drug-likeness (QED) is 0.476. The average molecular weight is 417 g/mol. The second-order valence-corrected chi connectivity index (χ2v) is 8.64. The first kappa shape index (κ1) is 23.2. The highest BCUT2D eigenvalue weighted by Gasteiger charge is 2.22. The van der Waals surface area contributed by atoms with Crippen LogP contribution in [0.3, 0.4) is 0 Å². The third kappa shape index (κ3) is 6.72. The molecule has 6 nitrogen and oxygen atoms in total. The van der Waals surface area contributed by atoms with Crippen molar-refractivity contribution in [1.29, 1.82) is 0 Å². The van der Waals surface area contributed by atoms with Crippen LogP contribution in [0.15, 0.2) is 40.3 Å². The van der Waals surface area contributed by atoms with Gasteiger partial charge in [-0.2, -0.15) is 0 Å². The standard InChI is InChI=1S/C22H32N4O2S/c1-6-10-19(20(27)23-13-14-25(3)4)29-22-24-16(2)18(21(28)26(22)5)15-17-11-8-7-9-12-17/h7-9,11-12,19H,6,10,13-15H2,1-5H3,(H,23,27). The van der Waals surface area contributed by atoms with Crippen molar-refractivity contribution in [3.8, 4) is 0 Å². The van der Waals surface area contributed by atoms with E-state index in [4.69, 9.17) is 0 Å². The van der Waals surface area contributed by atoms with E-state index in [2.05, 4.69) is 17.2 Å². The first-order valence-corrected chi connectivity index (χ1v) is 10.9. The van der Waals surface area contributed by atoms with Crippen LogP contribution < -0.4 is 10.9 Å². The minimum Gasteiger partial charge on any atom is -0.354 e. The molecule has 0 saturated heterocycles. The average Bonchev–Trinajstić information content (AvgIpc) is 2.69. The monoisotopic (exact) mass is 416 g/mol. The number of carbonyl (C=O) groups is 1. The van der Waals surface area contributed by atoms with Crippen LogP contribution in [0.5, 0.6) is 0 Å². The molecule has 29 heavy (non-hydrogen) atoms. The van der Waals surface area contributed by atoms with Gasteiger partial charge in [0.15, 0.2) is 5.16 Å². The van der Waals surface area contributed by atoms with Gasteiger partial charge >= 0.3 is 0 Å². The fraction of sp³-hybridized carbons (Fsp3) is 0.500. The number of hydrogen-bond acceptors (Lipinski definition) is 5. The van der Waals surface area contributed by atoms with E-state index in [9.17, 15) is 9.59 Å². The molecule has 2 rings (SSSR count). The van der Waals surface area contributed by atoms with E-state index in [1.807, 2.05) is 56.3 Å². The number of aromatic nitrogens is 2. The number of amides is 1. The van der Waals surface area contributed by atoms with Crippen molar-refractivity contribution < 1.29 is 4.79 Å². The smallest absolute Gasteiger partial charge is 0.257 e. The normalized spacial score (nSPS) is 12.2. The van der Waals surface area contributed by atoms with Gasteiger partial charge in [-0.1, -0.05) is 55.4 Å². The number of thioether (sulfide) groups is 1. The van der Waals surface area contributed by atoms with Gasteiger partial charge in [-0.05, 0) is 33.0 Å². The predicted molar refractivity (Wildman–Crippen MR) is 120 cm³/mol. The van der Waals surface area contributed by atoms with Crippen molar-refractivity contribution in [2.45, 2.75) is 43.5 Å². The second kappa shape index (κ2) is 11.2. The Morgan fingerprint density at radius 2 is 1.97 bits per heavy atom. The van der Waals surface area contributed by atoms with Crippen LogP contribution in [0.25, 0.3) is 0 Å². The number of hydrogen-bond donors (Lipinski definition) is 1. The van der Waals surface area contributed by atoms with E-state index in [1.54, 1.807) is 11.6 Å². The molecule has 0 aliphatic rings. The zero-order chi connectivity index (χ0) is 21.4. The summed E-state index contributed by atoms with van der Waals surface area (Å²) in [6.45, 7) is 5.32. The first-order chi connectivity index (χ1) is 13.8. The molecule has 0 aliphatic heterocycles. The Kier molecular flexibility index (Phi) is 8.92. The van der Waals surface area contributed by atoms with Gasteiger partial charge in [-0.15, -0.1) is 0 Å². The lowest BCUT2D eigenvalue weighted by atomic mass is 10.1. The number of nitrogens with one attached hydrogen (secondary N) is 1. The zero-order valence-electron chi connectivity index (χ0n) is 18.1. The highest BCUT2D eigenvalue weighted by Crippen LogP contribution is 2.25. The Morgan fingerprint density at radius 3 is 2.59 bits per heavy atom. The maximum Gasteiger partial charge on any atom is 0.257 e. The summed E-state index contributed by atoms with van der Waals surface area (Å²) < 4.78 is 1.58. The number of benzene rings is 1. The minimum absolute atomic E-state index is 0.000959. The Morgan fingerprint density at radius 1 is 1.28 bits per heavy atom. The molecule has 0 spiro atoms. The molecule has 0 radical (unpaired) electrons. The van der Waals surface area contributed by atoms with Gasteiger partial charge in [-0.25, -0.2) is 4.98 Å². The first-order valence-electron chi connectivity index (χ1n) is 10.0. The summed E-state index contributed by atoms with van der Waals surface area (Å²) in [5, 5.41) is 3.32. The molecule has 1 unspecified atom stereocenters. The minimum atomic E-state index is -0.264. The maximum absolute atomic E-state index is 13.0. The summed E-state index contributed by atoms with van der Waals surface area (Å²) in [6, 6.07) is 9.92. The summed E-state index contributed by atoms with van der Waals surface area (Å²) in [4.78, 5) is 32.3. The Hall–Kier alpha value is -2.12. The fourth-order valence-electron chi connectivity index (χ4n) is 2.99. The van der Waals surface area contributed by atoms with Crippen molar-refractivity contribution in [3.63, 3.8) is 0 Å². The van der Waals surface area contributed by atoms with Crippen LogP contribution >= 0.6 is 11.8 Å². The highest BCUT2D eigenvalue weighted by atomic mass is 32.2. The van der Waals surface area contributed by atoms with Crippen LogP contribution in [0.4, 0.5) is 0 Å². The van der Waals surface area contributed by atoms with Crippen molar-refractivity contribution in [1.82, 2.24) is 19.8 Å². The molecule has 1 aromatic heterocycles. The Bertz CT molecular complexity index is 865. The number of likely N-dealkylation sites (N-methyl/N-ethyl adjacent to an activating group) is 1. The van der Waals surface area contributed by atoms with E-state index in [0.717, 1.165) is 30.6 Å². The number of rotatable bonds is 10. The summed E-state index contributed by atoms with van der Waals surface area (Å²) >= 11 is 1.38. The summed E-state index contributed by atoms with van der Waals surface area (Å²) in [5.41, 5.74) is 2.46. The van der Waals surface area contributed by atoms with Crippen LogP contribution in [0.1, 0.15) is 36.6 Å². The third-order valence-electron chi connectivity index (χ3n) is 4.72. The molecule has 0 aliphatic carbocycles. The molecular weight excluding hydrogens is 384 g/mol. The topological polar surface area (TPSA) is 67.2 Å². The summed E-state index contributed by atoms with van der Waals surface area (Å²) in [7, 11) is 5.69. The van der Waals surface area contributed by atoms with E-state index in [-0.39, 0.29) is 16.7 Å². The van der Waals surface area contributed by atoms with E-state index in [1.165, 1.54) is 11.8 Å². The van der Waals surface area contributed by atoms with E-state index < -0.39 is 0 Å². The lowest BCUT2D eigenvalue weighted by Gasteiger charge is -2.19. The van der Waals surface area contributed by atoms with E-state index >= 15 is 0 Å². The van der Waals surface area contributed by atoms with Gasteiger partial charge in [0.25, 0.3) is 5.56 Å². The summed E-state index contributed by atoms with van der Waals surface area (Å²) in [6.07, 6.45) is 2.18. The molecule has 0 saturated carbocycles. The van der Waals surface area contributed by atoms with Crippen molar-refractivity contribution in [2.75, 3.05) is 27.2 Å². The van der Waals surface area contributed by atoms with Gasteiger partial charge in [0.2, 0.25) is 5.91 Å². The molecule has 1 amide bonds. The van der Waals surface area contributed by atoms with Gasteiger partial charge in [0.1, 0.15) is 0 Å². The van der Waals surface area contributed by atoms with Gasteiger partial charge in [-0.3, -0.25) is 14.2 Å². The van der Waals surface area contributed by atoms with Crippen LogP contribution in [-0.4, -0.2) is 52.8 Å². The third-order valence-corrected chi connectivity index (χ3v) is 6.03. The molecule has 0 bridgehead atoms. The van der Waals surface area contributed by atoms with Crippen molar-refractivity contribution in [3.05, 3.63) is 57.5 Å². The van der Waals surface area contributed by atoms with Gasteiger partial charge in [0, 0.05) is 37.8 Å². The Balaban J connectivity index is 2.20. The number of carbonyl (C=O) groups excluding carboxylic acids is 1. The molecule has 158 valence electrons. The van der Waals surface area contributed by atoms with Crippen LogP contribution in [-0.2, 0) is 18.3 Å². The SMILES string of the molecule is CCCC(Sc1nc(C)c(Cc2ccccc2)c(=O)n1C)C(=O)NCCN(C)C. The maximum atomic E-state index is 13.0. The second-order valence-electron chi connectivity index (χ2n) is 7.47. The van der Waals surface area contributed by atoms with Gasteiger partial charge in [0.05, 0.1) is 5.25 Å². The summed E-state index contributed by atoms with van der Waals surface area (Å²) in [5.74, 6) is -0.000959. The molecule has 1 aromatic carbocycles. The molecule has 1 heterocycles. The highest BCUT2D eigenvalue weighted by molar-refractivity contribution is 8.00. The van der Waals surface area contributed by atoms with Crippen LogP contribution in [0, 0.1) is 6.92 Å². The predicted octanol–water partition coefficient (Wildman–Crippen LogP) is 2.62. The number of nitrogens with zero attached hydrogens (tertiary/aromatic N) is 3. The molecule has 7 heteroatoms. The molecule has 2 aromatic rings.